The molecule has 0 saturated carbocycles. The molecule has 4 rings (SSSR count). The molecule has 0 unspecified atom stereocenters. The fourth-order valence-corrected chi connectivity index (χ4v) is 4.36. The van der Waals surface area contributed by atoms with Crippen LogP contribution in [0.3, 0.4) is 0 Å². The van der Waals surface area contributed by atoms with Crippen LogP contribution in [0.4, 0.5) is 21.6 Å². The number of carbonyl (C=O) groups is 1. The first-order valence-corrected chi connectivity index (χ1v) is 11.7. The maximum atomic E-state index is 13.2. The lowest BCUT2D eigenvalue weighted by atomic mass is 10.2. The van der Waals surface area contributed by atoms with Crippen molar-refractivity contribution in [1.29, 1.82) is 0 Å². The van der Waals surface area contributed by atoms with Crippen LogP contribution >= 0.6 is 35.0 Å². The summed E-state index contributed by atoms with van der Waals surface area (Å²) in [6, 6.07) is 13.5. The summed E-state index contributed by atoms with van der Waals surface area (Å²) >= 11 is 13.4. The molecule has 1 N–H and O–H groups in total. The Morgan fingerprint density at radius 2 is 1.75 bits per heavy atom. The molecular weight excluding hydrogens is 472 g/mol. The van der Waals surface area contributed by atoms with Crippen LogP contribution in [0.1, 0.15) is 0 Å². The van der Waals surface area contributed by atoms with E-state index in [0.29, 0.717) is 20.8 Å². The Hall–Kier alpha value is -2.55. The van der Waals surface area contributed by atoms with E-state index >= 15 is 0 Å². The molecule has 2 aromatic carbocycles. The van der Waals surface area contributed by atoms with Gasteiger partial charge in [0.1, 0.15) is 23.0 Å². The zero-order chi connectivity index (χ0) is 22.5. The molecule has 166 valence electrons. The zero-order valence-electron chi connectivity index (χ0n) is 17.0. The van der Waals surface area contributed by atoms with Crippen LogP contribution in [-0.2, 0) is 4.79 Å². The van der Waals surface area contributed by atoms with Gasteiger partial charge in [-0.2, -0.15) is 0 Å². The van der Waals surface area contributed by atoms with Gasteiger partial charge >= 0.3 is 0 Å². The molecular formula is C22H20Cl2FN5OS. The number of benzene rings is 2. The minimum absolute atomic E-state index is 0.178. The molecule has 1 saturated heterocycles. The van der Waals surface area contributed by atoms with E-state index in [-0.39, 0.29) is 17.5 Å². The molecule has 32 heavy (non-hydrogen) atoms. The van der Waals surface area contributed by atoms with Gasteiger partial charge in [0.2, 0.25) is 5.91 Å². The predicted octanol–water partition coefficient (Wildman–Crippen LogP) is 4.98. The predicted molar refractivity (Wildman–Crippen MR) is 129 cm³/mol. The van der Waals surface area contributed by atoms with Crippen molar-refractivity contribution in [3.63, 3.8) is 0 Å². The Kier molecular flexibility index (Phi) is 7.34. The van der Waals surface area contributed by atoms with Gasteiger partial charge in [0.25, 0.3) is 0 Å². The first-order chi connectivity index (χ1) is 15.5. The second kappa shape index (κ2) is 10.4. The Morgan fingerprint density at radius 3 is 2.50 bits per heavy atom. The Labute approximate surface area is 199 Å². The maximum Gasteiger partial charge on any atom is 0.234 e. The van der Waals surface area contributed by atoms with Crippen LogP contribution in [0.5, 0.6) is 0 Å². The van der Waals surface area contributed by atoms with Gasteiger partial charge in [-0.1, -0.05) is 41.0 Å². The largest absolute Gasteiger partial charge is 0.368 e. The molecule has 0 radical (unpaired) electrons. The number of amides is 1. The second-order valence-corrected chi connectivity index (χ2v) is 8.88. The van der Waals surface area contributed by atoms with E-state index in [2.05, 4.69) is 25.1 Å². The highest BCUT2D eigenvalue weighted by Gasteiger charge is 2.19. The summed E-state index contributed by atoms with van der Waals surface area (Å²) in [5.41, 5.74) is 1.49. The summed E-state index contributed by atoms with van der Waals surface area (Å²) in [7, 11) is 0. The summed E-state index contributed by atoms with van der Waals surface area (Å²) in [5.74, 6) is 0.562. The van der Waals surface area contributed by atoms with Crippen LogP contribution in [0.25, 0.3) is 0 Å². The minimum Gasteiger partial charge on any atom is -0.368 e. The Bertz CT molecular complexity index is 1090. The summed E-state index contributed by atoms with van der Waals surface area (Å²) in [6.07, 6.45) is 1.51. The molecule has 1 amide bonds. The smallest absolute Gasteiger partial charge is 0.234 e. The molecule has 0 spiro atoms. The lowest BCUT2D eigenvalue weighted by Gasteiger charge is -2.36. The molecule has 2 heterocycles. The SMILES string of the molecule is O=C(CSc1cc(N2CCN(c3ccc(F)cc3)CC2)ncn1)Nc1cccc(Cl)c1Cl. The monoisotopic (exact) mass is 491 g/mol. The van der Waals surface area contributed by atoms with Gasteiger partial charge in [0, 0.05) is 37.9 Å². The number of thioether (sulfide) groups is 1. The van der Waals surface area contributed by atoms with Gasteiger partial charge in [-0.05, 0) is 36.4 Å². The number of halogens is 3. The molecule has 0 bridgehead atoms. The quantitative estimate of drug-likeness (QED) is 0.387. The van der Waals surface area contributed by atoms with Crippen molar-refractivity contribution in [2.75, 3.05) is 47.0 Å². The Morgan fingerprint density at radius 1 is 1.03 bits per heavy atom. The molecule has 1 aliphatic rings. The van der Waals surface area contributed by atoms with E-state index in [0.717, 1.165) is 37.7 Å². The van der Waals surface area contributed by atoms with Crippen LogP contribution in [0, 0.1) is 5.82 Å². The van der Waals surface area contributed by atoms with E-state index in [1.54, 1.807) is 30.3 Å². The third-order valence-electron chi connectivity index (χ3n) is 5.00. The van der Waals surface area contributed by atoms with Crippen molar-refractivity contribution >= 4 is 58.1 Å². The fourth-order valence-electron chi connectivity index (χ4n) is 3.35. The summed E-state index contributed by atoms with van der Waals surface area (Å²) in [6.45, 7) is 3.18. The van der Waals surface area contributed by atoms with E-state index < -0.39 is 0 Å². The maximum absolute atomic E-state index is 13.2. The normalized spacial score (nSPS) is 13.8. The van der Waals surface area contributed by atoms with E-state index in [9.17, 15) is 9.18 Å². The molecule has 6 nitrogen and oxygen atoms in total. The highest BCUT2D eigenvalue weighted by atomic mass is 35.5. The van der Waals surface area contributed by atoms with Crippen molar-refractivity contribution in [2.45, 2.75) is 5.03 Å². The average molecular weight is 492 g/mol. The van der Waals surface area contributed by atoms with E-state index in [4.69, 9.17) is 23.2 Å². The van der Waals surface area contributed by atoms with Gasteiger partial charge in [-0.3, -0.25) is 4.79 Å². The van der Waals surface area contributed by atoms with Gasteiger partial charge < -0.3 is 15.1 Å². The first kappa shape index (κ1) is 22.6. The molecule has 0 atom stereocenters. The molecule has 0 aliphatic carbocycles. The van der Waals surface area contributed by atoms with Gasteiger partial charge in [0.15, 0.2) is 0 Å². The van der Waals surface area contributed by atoms with Crippen molar-refractivity contribution in [1.82, 2.24) is 9.97 Å². The van der Waals surface area contributed by atoms with Crippen molar-refractivity contribution in [2.24, 2.45) is 0 Å². The lowest BCUT2D eigenvalue weighted by molar-refractivity contribution is -0.113. The Balaban J connectivity index is 1.31. The van der Waals surface area contributed by atoms with Gasteiger partial charge in [0.05, 0.1) is 21.5 Å². The number of aromatic nitrogens is 2. The number of nitrogens with one attached hydrogen (secondary N) is 1. The van der Waals surface area contributed by atoms with Crippen molar-refractivity contribution in [3.8, 4) is 0 Å². The highest BCUT2D eigenvalue weighted by molar-refractivity contribution is 7.99. The standard InChI is InChI=1S/C22H20Cl2FN5OS/c23-17-2-1-3-18(22(17)24)28-20(31)13-32-21-12-19(26-14-27-21)30-10-8-29(9-11-30)16-6-4-15(25)5-7-16/h1-7,12,14H,8-11,13H2,(H,28,31). The minimum atomic E-state index is -0.234. The number of piperazine rings is 1. The number of nitrogens with zero attached hydrogens (tertiary/aromatic N) is 4. The average Bonchev–Trinajstić information content (AvgIpc) is 2.82. The van der Waals surface area contributed by atoms with E-state index in [1.165, 1.54) is 30.2 Å². The van der Waals surface area contributed by atoms with Crippen molar-refractivity contribution < 1.29 is 9.18 Å². The second-order valence-electron chi connectivity index (χ2n) is 7.10. The van der Waals surface area contributed by atoms with Crippen LogP contribution in [0.2, 0.25) is 10.0 Å². The topological polar surface area (TPSA) is 61.4 Å². The van der Waals surface area contributed by atoms with Gasteiger partial charge in [-0.25, -0.2) is 14.4 Å². The number of hydrogen-bond donors (Lipinski definition) is 1. The van der Waals surface area contributed by atoms with Crippen LogP contribution in [-0.4, -0.2) is 47.8 Å². The number of rotatable bonds is 6. The lowest BCUT2D eigenvalue weighted by Crippen LogP contribution is -2.46. The molecule has 10 heteroatoms. The molecule has 1 aliphatic heterocycles. The first-order valence-electron chi connectivity index (χ1n) is 9.94. The van der Waals surface area contributed by atoms with Gasteiger partial charge in [-0.15, -0.1) is 0 Å². The fraction of sp³-hybridized carbons (Fsp3) is 0.227. The number of carbonyl (C=O) groups excluding carboxylic acids is 1. The molecule has 1 aromatic heterocycles. The van der Waals surface area contributed by atoms with Crippen LogP contribution in [0.15, 0.2) is 59.9 Å². The number of hydrogen-bond acceptors (Lipinski definition) is 6. The van der Waals surface area contributed by atoms with Crippen molar-refractivity contribution in [3.05, 3.63) is 70.7 Å². The van der Waals surface area contributed by atoms with E-state index in [1.807, 2.05) is 6.07 Å². The third-order valence-corrected chi connectivity index (χ3v) is 6.74. The molecule has 1 fully saturated rings. The highest BCUT2D eigenvalue weighted by Crippen LogP contribution is 2.30. The summed E-state index contributed by atoms with van der Waals surface area (Å²) < 4.78 is 13.2. The summed E-state index contributed by atoms with van der Waals surface area (Å²) in [4.78, 5) is 25.4. The molecule has 3 aromatic rings. The summed E-state index contributed by atoms with van der Waals surface area (Å²) in [5, 5.41) is 4.18. The zero-order valence-corrected chi connectivity index (χ0v) is 19.3. The third kappa shape index (κ3) is 5.62. The van der Waals surface area contributed by atoms with Crippen LogP contribution < -0.4 is 15.1 Å². The number of anilines is 3.